The Kier molecular flexibility index (Phi) is 5.95. The van der Waals surface area contributed by atoms with Crippen LogP contribution in [0.4, 0.5) is 4.39 Å². The first-order valence-corrected chi connectivity index (χ1v) is 7.43. The third kappa shape index (κ3) is 4.54. The Hall–Kier alpha value is -0.970. The first kappa shape index (κ1) is 15.4. The third-order valence-corrected chi connectivity index (χ3v) is 3.87. The first-order valence-electron chi connectivity index (χ1n) is 7.43. The average molecular weight is 280 g/mol. The van der Waals surface area contributed by atoms with Gasteiger partial charge in [0.15, 0.2) is 0 Å². The summed E-state index contributed by atoms with van der Waals surface area (Å²) < 4.78 is 18.4. The molecule has 1 aromatic carbocycles. The highest BCUT2D eigenvalue weighted by molar-refractivity contribution is 5.15. The fourth-order valence-electron chi connectivity index (χ4n) is 2.81. The molecule has 0 amide bonds. The van der Waals surface area contributed by atoms with Crippen molar-refractivity contribution in [1.82, 2.24) is 10.2 Å². The molecular weight excluding hydrogens is 255 g/mol. The van der Waals surface area contributed by atoms with Gasteiger partial charge in [-0.1, -0.05) is 19.1 Å². The van der Waals surface area contributed by atoms with Gasteiger partial charge in [-0.15, -0.1) is 0 Å². The zero-order valence-corrected chi connectivity index (χ0v) is 12.4. The van der Waals surface area contributed by atoms with E-state index in [0.717, 1.165) is 44.8 Å². The fraction of sp³-hybridized carbons (Fsp3) is 0.625. The van der Waals surface area contributed by atoms with Gasteiger partial charge in [-0.05, 0) is 37.7 Å². The molecule has 1 heterocycles. The SMILES string of the molecule is CCNC(CN(C)Cc1ccc(F)cc1)C1CCOC1. The van der Waals surface area contributed by atoms with E-state index in [1.165, 1.54) is 12.1 Å². The summed E-state index contributed by atoms with van der Waals surface area (Å²) >= 11 is 0. The van der Waals surface area contributed by atoms with E-state index < -0.39 is 0 Å². The van der Waals surface area contributed by atoms with Crippen LogP contribution in [0.2, 0.25) is 0 Å². The maximum atomic E-state index is 12.9. The molecule has 0 aliphatic carbocycles. The fourth-order valence-corrected chi connectivity index (χ4v) is 2.81. The van der Waals surface area contributed by atoms with E-state index >= 15 is 0 Å². The normalized spacial score (nSPS) is 20.5. The van der Waals surface area contributed by atoms with Gasteiger partial charge in [0, 0.05) is 31.7 Å². The maximum absolute atomic E-state index is 12.9. The number of halogens is 1. The molecule has 2 atom stereocenters. The second-order valence-electron chi connectivity index (χ2n) is 5.61. The van der Waals surface area contributed by atoms with E-state index in [4.69, 9.17) is 4.74 Å². The highest BCUT2D eigenvalue weighted by atomic mass is 19.1. The van der Waals surface area contributed by atoms with E-state index in [1.54, 1.807) is 0 Å². The molecule has 20 heavy (non-hydrogen) atoms. The average Bonchev–Trinajstić information content (AvgIpc) is 2.95. The van der Waals surface area contributed by atoms with Gasteiger partial charge in [0.2, 0.25) is 0 Å². The number of benzene rings is 1. The lowest BCUT2D eigenvalue weighted by Gasteiger charge is -2.28. The van der Waals surface area contributed by atoms with Crippen LogP contribution in [0.1, 0.15) is 18.9 Å². The van der Waals surface area contributed by atoms with E-state index in [2.05, 4.69) is 24.2 Å². The van der Waals surface area contributed by atoms with Crippen molar-refractivity contribution in [2.45, 2.75) is 25.9 Å². The standard InChI is InChI=1S/C16H25FN2O/c1-3-18-16(14-8-9-20-12-14)11-19(2)10-13-4-6-15(17)7-5-13/h4-7,14,16,18H,3,8-12H2,1-2H3. The monoisotopic (exact) mass is 280 g/mol. The Labute approximate surface area is 121 Å². The number of nitrogens with one attached hydrogen (secondary N) is 1. The lowest BCUT2D eigenvalue weighted by Crippen LogP contribution is -2.44. The van der Waals surface area contributed by atoms with Crippen LogP contribution in [0.3, 0.4) is 0 Å². The molecule has 3 nitrogen and oxygen atoms in total. The first-order chi connectivity index (χ1) is 9.69. The van der Waals surface area contributed by atoms with Crippen molar-refractivity contribution < 1.29 is 9.13 Å². The number of rotatable bonds is 7. The van der Waals surface area contributed by atoms with E-state index in [-0.39, 0.29) is 5.82 Å². The van der Waals surface area contributed by atoms with E-state index in [0.29, 0.717) is 12.0 Å². The summed E-state index contributed by atoms with van der Waals surface area (Å²) in [6.45, 7) is 6.69. The molecule has 0 bridgehead atoms. The molecule has 4 heteroatoms. The molecule has 0 saturated carbocycles. The molecule has 2 unspecified atom stereocenters. The molecule has 2 rings (SSSR count). The summed E-state index contributed by atoms with van der Waals surface area (Å²) in [5, 5.41) is 3.57. The number of hydrogen-bond acceptors (Lipinski definition) is 3. The van der Waals surface area contributed by atoms with Gasteiger partial charge in [-0.25, -0.2) is 4.39 Å². The van der Waals surface area contributed by atoms with E-state index in [1.807, 2.05) is 12.1 Å². The van der Waals surface area contributed by atoms with Crippen LogP contribution in [-0.4, -0.2) is 44.3 Å². The molecule has 1 aliphatic heterocycles. The smallest absolute Gasteiger partial charge is 0.123 e. The summed E-state index contributed by atoms with van der Waals surface area (Å²) in [5.41, 5.74) is 1.15. The Bertz CT molecular complexity index is 390. The van der Waals surface area contributed by atoms with Crippen molar-refractivity contribution in [1.29, 1.82) is 0 Å². The predicted octanol–water partition coefficient (Wildman–Crippen LogP) is 2.27. The number of nitrogens with zero attached hydrogens (tertiary/aromatic N) is 1. The van der Waals surface area contributed by atoms with Crippen LogP contribution in [0.5, 0.6) is 0 Å². The molecule has 112 valence electrons. The molecule has 1 aromatic rings. The molecule has 1 N–H and O–H groups in total. The quantitative estimate of drug-likeness (QED) is 0.829. The van der Waals surface area contributed by atoms with Crippen LogP contribution in [0.15, 0.2) is 24.3 Å². The Morgan fingerprint density at radius 3 is 2.75 bits per heavy atom. The number of hydrogen-bond donors (Lipinski definition) is 1. The number of likely N-dealkylation sites (N-methyl/N-ethyl adjacent to an activating group) is 2. The molecule has 0 spiro atoms. The van der Waals surface area contributed by atoms with Crippen LogP contribution in [-0.2, 0) is 11.3 Å². The van der Waals surface area contributed by atoms with Crippen LogP contribution in [0.25, 0.3) is 0 Å². The highest BCUT2D eigenvalue weighted by Gasteiger charge is 2.25. The van der Waals surface area contributed by atoms with Crippen molar-refractivity contribution in [3.05, 3.63) is 35.6 Å². The molecule has 0 radical (unpaired) electrons. The second kappa shape index (κ2) is 7.72. The van der Waals surface area contributed by atoms with Crippen LogP contribution in [0, 0.1) is 11.7 Å². The van der Waals surface area contributed by atoms with Gasteiger partial charge in [-0.2, -0.15) is 0 Å². The minimum atomic E-state index is -0.176. The summed E-state index contributed by atoms with van der Waals surface area (Å²) in [5.74, 6) is 0.427. The van der Waals surface area contributed by atoms with Gasteiger partial charge in [0.1, 0.15) is 5.82 Å². The van der Waals surface area contributed by atoms with Crippen LogP contribution >= 0.6 is 0 Å². The van der Waals surface area contributed by atoms with Crippen molar-refractivity contribution in [2.24, 2.45) is 5.92 Å². The highest BCUT2D eigenvalue weighted by Crippen LogP contribution is 2.18. The second-order valence-corrected chi connectivity index (χ2v) is 5.61. The van der Waals surface area contributed by atoms with Crippen molar-refractivity contribution in [3.63, 3.8) is 0 Å². The van der Waals surface area contributed by atoms with Gasteiger partial charge in [0.25, 0.3) is 0 Å². The summed E-state index contributed by atoms with van der Waals surface area (Å²) in [6, 6.07) is 7.22. The summed E-state index contributed by atoms with van der Waals surface area (Å²) in [6.07, 6.45) is 1.14. The third-order valence-electron chi connectivity index (χ3n) is 3.87. The Balaban J connectivity index is 1.87. The molecule has 1 aliphatic rings. The molecular formula is C16H25FN2O. The lowest BCUT2D eigenvalue weighted by molar-refractivity contribution is 0.166. The number of ether oxygens (including phenoxy) is 1. The van der Waals surface area contributed by atoms with Crippen molar-refractivity contribution in [2.75, 3.05) is 33.4 Å². The topological polar surface area (TPSA) is 24.5 Å². The van der Waals surface area contributed by atoms with Crippen molar-refractivity contribution in [3.8, 4) is 0 Å². The minimum absolute atomic E-state index is 0.176. The van der Waals surface area contributed by atoms with Gasteiger partial charge in [0.05, 0.1) is 6.61 Å². The lowest BCUT2D eigenvalue weighted by atomic mass is 9.98. The minimum Gasteiger partial charge on any atom is -0.381 e. The van der Waals surface area contributed by atoms with Gasteiger partial charge < -0.3 is 15.0 Å². The summed E-state index contributed by atoms with van der Waals surface area (Å²) in [4.78, 5) is 2.29. The van der Waals surface area contributed by atoms with Gasteiger partial charge >= 0.3 is 0 Å². The van der Waals surface area contributed by atoms with Gasteiger partial charge in [-0.3, -0.25) is 0 Å². The molecule has 0 aromatic heterocycles. The predicted molar refractivity (Wildman–Crippen MR) is 79.1 cm³/mol. The Morgan fingerprint density at radius 2 is 2.15 bits per heavy atom. The van der Waals surface area contributed by atoms with E-state index in [9.17, 15) is 4.39 Å². The van der Waals surface area contributed by atoms with Crippen molar-refractivity contribution >= 4 is 0 Å². The largest absolute Gasteiger partial charge is 0.381 e. The molecule has 1 saturated heterocycles. The van der Waals surface area contributed by atoms with Crippen LogP contribution < -0.4 is 5.32 Å². The zero-order chi connectivity index (χ0) is 14.4. The zero-order valence-electron chi connectivity index (χ0n) is 12.4. The summed E-state index contributed by atoms with van der Waals surface area (Å²) in [7, 11) is 2.11. The molecule has 1 fully saturated rings. The Morgan fingerprint density at radius 1 is 1.40 bits per heavy atom. The maximum Gasteiger partial charge on any atom is 0.123 e.